The zero-order valence-electron chi connectivity index (χ0n) is 8.81. The molecule has 0 aliphatic heterocycles. The molecule has 0 bridgehead atoms. The largest absolute Gasteiger partial charge is 0.390 e. The van der Waals surface area contributed by atoms with Crippen molar-refractivity contribution < 1.29 is 19.1 Å². The summed E-state index contributed by atoms with van der Waals surface area (Å²) in [6.07, 6.45) is 0.516. The standard InChI is InChI=1S/C9H20O4S/c1-3-8(2)9(10)6-13-7-12-4-5-14-11/h8-11H,3-7H2,1-2H3. The maximum absolute atomic E-state index is 9.50. The van der Waals surface area contributed by atoms with Gasteiger partial charge in [0.2, 0.25) is 0 Å². The van der Waals surface area contributed by atoms with Crippen molar-refractivity contribution in [3.05, 3.63) is 0 Å². The van der Waals surface area contributed by atoms with E-state index in [0.29, 0.717) is 19.0 Å². The summed E-state index contributed by atoms with van der Waals surface area (Å²) in [5.74, 6) is 0.792. The summed E-state index contributed by atoms with van der Waals surface area (Å²) >= 11 is 0.745. The average molecular weight is 224 g/mol. The zero-order chi connectivity index (χ0) is 10.8. The second-order valence-electron chi connectivity index (χ2n) is 3.18. The molecule has 2 unspecified atom stereocenters. The van der Waals surface area contributed by atoms with E-state index in [0.717, 1.165) is 18.5 Å². The van der Waals surface area contributed by atoms with Gasteiger partial charge in [0, 0.05) is 5.75 Å². The third kappa shape index (κ3) is 7.58. The molecule has 0 saturated carbocycles. The van der Waals surface area contributed by atoms with Crippen LogP contribution < -0.4 is 0 Å². The van der Waals surface area contributed by atoms with Crippen molar-refractivity contribution in [1.82, 2.24) is 0 Å². The summed E-state index contributed by atoms with van der Waals surface area (Å²) in [5.41, 5.74) is 0. The molecule has 2 N–H and O–H groups in total. The molecule has 0 amide bonds. The van der Waals surface area contributed by atoms with Gasteiger partial charge in [-0.15, -0.1) is 0 Å². The minimum atomic E-state index is -0.421. The molecule has 0 aliphatic rings. The normalized spacial score (nSPS) is 15.4. The minimum Gasteiger partial charge on any atom is -0.390 e. The van der Waals surface area contributed by atoms with Crippen LogP contribution >= 0.6 is 12.0 Å². The highest BCUT2D eigenvalue weighted by molar-refractivity contribution is 7.93. The Hall–Kier alpha value is 0.190. The Morgan fingerprint density at radius 3 is 2.64 bits per heavy atom. The van der Waals surface area contributed by atoms with Crippen molar-refractivity contribution in [3.8, 4) is 0 Å². The maximum atomic E-state index is 9.50. The first kappa shape index (κ1) is 14.2. The van der Waals surface area contributed by atoms with E-state index in [2.05, 4.69) is 0 Å². The Labute approximate surface area is 89.8 Å². The van der Waals surface area contributed by atoms with Crippen LogP contribution in [0.3, 0.4) is 0 Å². The van der Waals surface area contributed by atoms with Crippen molar-refractivity contribution in [2.75, 3.05) is 25.8 Å². The van der Waals surface area contributed by atoms with Crippen LogP contribution in [-0.4, -0.2) is 41.5 Å². The van der Waals surface area contributed by atoms with E-state index in [4.69, 9.17) is 14.0 Å². The van der Waals surface area contributed by atoms with E-state index in [1.165, 1.54) is 0 Å². The van der Waals surface area contributed by atoms with Crippen LogP contribution in [0.15, 0.2) is 0 Å². The highest BCUT2D eigenvalue weighted by Crippen LogP contribution is 2.07. The predicted octanol–water partition coefficient (Wildman–Crippen LogP) is 1.59. The smallest absolute Gasteiger partial charge is 0.146 e. The molecule has 0 rings (SSSR count). The topological polar surface area (TPSA) is 58.9 Å². The van der Waals surface area contributed by atoms with Gasteiger partial charge in [0.25, 0.3) is 0 Å². The molecule has 0 heterocycles. The minimum absolute atomic E-state index is 0.175. The summed E-state index contributed by atoms with van der Waals surface area (Å²) in [7, 11) is 0. The molecule has 0 aromatic rings. The molecule has 4 nitrogen and oxygen atoms in total. The monoisotopic (exact) mass is 224 g/mol. The Morgan fingerprint density at radius 2 is 2.07 bits per heavy atom. The molecule has 86 valence electrons. The van der Waals surface area contributed by atoms with Crippen LogP contribution in [0.25, 0.3) is 0 Å². The van der Waals surface area contributed by atoms with Crippen molar-refractivity contribution in [1.29, 1.82) is 0 Å². The van der Waals surface area contributed by atoms with Gasteiger partial charge in [0.1, 0.15) is 6.79 Å². The Bertz CT molecular complexity index is 123. The first-order valence-corrected chi connectivity index (χ1v) is 5.76. The highest BCUT2D eigenvalue weighted by atomic mass is 32.2. The van der Waals surface area contributed by atoms with E-state index in [-0.39, 0.29) is 12.7 Å². The molecule has 2 atom stereocenters. The summed E-state index contributed by atoms with van der Waals surface area (Å²) in [6, 6.07) is 0. The third-order valence-electron chi connectivity index (χ3n) is 2.08. The molecule has 0 fully saturated rings. The number of hydrogen-bond donors (Lipinski definition) is 2. The van der Waals surface area contributed by atoms with Crippen molar-refractivity contribution in [2.45, 2.75) is 26.4 Å². The summed E-state index contributed by atoms with van der Waals surface area (Å²) in [5, 5.41) is 9.50. The van der Waals surface area contributed by atoms with Gasteiger partial charge < -0.3 is 19.1 Å². The molecule has 5 heteroatoms. The number of aliphatic hydroxyl groups excluding tert-OH is 1. The van der Waals surface area contributed by atoms with E-state index >= 15 is 0 Å². The highest BCUT2D eigenvalue weighted by Gasteiger charge is 2.11. The van der Waals surface area contributed by atoms with Crippen molar-refractivity contribution in [2.24, 2.45) is 5.92 Å². The SMILES string of the molecule is CCC(C)C(O)COCOCCSO. The van der Waals surface area contributed by atoms with Gasteiger partial charge in [-0.25, -0.2) is 0 Å². The van der Waals surface area contributed by atoms with Gasteiger partial charge in [-0.1, -0.05) is 20.3 Å². The van der Waals surface area contributed by atoms with E-state index in [1.54, 1.807) is 0 Å². The summed E-state index contributed by atoms with van der Waals surface area (Å²) < 4.78 is 18.5. The van der Waals surface area contributed by atoms with Crippen LogP contribution in [0.4, 0.5) is 0 Å². The number of ether oxygens (including phenoxy) is 2. The van der Waals surface area contributed by atoms with Crippen LogP contribution in [0.5, 0.6) is 0 Å². The average Bonchev–Trinajstić information content (AvgIpc) is 2.21. The number of hydrogen-bond acceptors (Lipinski definition) is 5. The molecule has 0 radical (unpaired) electrons. The lowest BCUT2D eigenvalue weighted by atomic mass is 10.0. The molecule has 0 saturated heterocycles. The second-order valence-corrected chi connectivity index (χ2v) is 3.85. The van der Waals surface area contributed by atoms with E-state index in [9.17, 15) is 5.11 Å². The summed E-state index contributed by atoms with van der Waals surface area (Å²) in [4.78, 5) is 0. The molecule has 0 spiro atoms. The number of rotatable bonds is 9. The van der Waals surface area contributed by atoms with Gasteiger partial charge in [-0.05, 0) is 18.0 Å². The fourth-order valence-corrected chi connectivity index (χ4v) is 1.01. The molecule has 0 aliphatic carbocycles. The number of aliphatic hydroxyl groups is 1. The van der Waals surface area contributed by atoms with Gasteiger partial charge in [0.05, 0.1) is 19.3 Å². The predicted molar refractivity (Wildman–Crippen MR) is 57.3 cm³/mol. The Balaban J connectivity index is 3.18. The van der Waals surface area contributed by atoms with Gasteiger partial charge in [-0.2, -0.15) is 0 Å². The van der Waals surface area contributed by atoms with E-state index < -0.39 is 6.10 Å². The second kappa shape index (κ2) is 9.73. The van der Waals surface area contributed by atoms with Crippen LogP contribution in [0.2, 0.25) is 0 Å². The summed E-state index contributed by atoms with van der Waals surface area (Å²) in [6.45, 7) is 4.95. The van der Waals surface area contributed by atoms with Crippen LogP contribution in [0.1, 0.15) is 20.3 Å². The third-order valence-corrected chi connectivity index (χ3v) is 2.42. The van der Waals surface area contributed by atoms with E-state index in [1.807, 2.05) is 13.8 Å². The van der Waals surface area contributed by atoms with Crippen molar-refractivity contribution in [3.63, 3.8) is 0 Å². The first-order valence-electron chi connectivity index (χ1n) is 4.82. The molecule has 0 aromatic carbocycles. The first-order chi connectivity index (χ1) is 6.72. The van der Waals surface area contributed by atoms with Gasteiger partial charge in [-0.3, -0.25) is 0 Å². The lowest BCUT2D eigenvalue weighted by Crippen LogP contribution is -2.23. The molecule has 0 aromatic heterocycles. The van der Waals surface area contributed by atoms with Gasteiger partial charge in [0.15, 0.2) is 0 Å². The molecular formula is C9H20O4S. The molecule has 14 heavy (non-hydrogen) atoms. The Kier molecular flexibility index (Phi) is 9.87. The zero-order valence-corrected chi connectivity index (χ0v) is 9.63. The fourth-order valence-electron chi connectivity index (χ4n) is 0.819. The molecular weight excluding hydrogens is 204 g/mol. The van der Waals surface area contributed by atoms with Crippen LogP contribution in [0, 0.1) is 5.92 Å². The maximum Gasteiger partial charge on any atom is 0.146 e. The Morgan fingerprint density at radius 1 is 1.36 bits per heavy atom. The van der Waals surface area contributed by atoms with Gasteiger partial charge >= 0.3 is 0 Å². The quantitative estimate of drug-likeness (QED) is 0.354. The lowest BCUT2D eigenvalue weighted by Gasteiger charge is -2.16. The lowest BCUT2D eigenvalue weighted by molar-refractivity contribution is -0.0835. The fraction of sp³-hybridized carbons (Fsp3) is 1.00. The van der Waals surface area contributed by atoms with Crippen molar-refractivity contribution >= 4 is 12.0 Å². The van der Waals surface area contributed by atoms with Crippen LogP contribution in [-0.2, 0) is 9.47 Å².